The van der Waals surface area contributed by atoms with Gasteiger partial charge in [-0.05, 0) is 49.2 Å². The molecule has 3 amide bonds. The van der Waals surface area contributed by atoms with Crippen LogP contribution in [0.1, 0.15) is 52.8 Å². The van der Waals surface area contributed by atoms with Gasteiger partial charge in [-0.2, -0.15) is 0 Å². The SMILES string of the molecule is O=C(CCN1C(=O)c2ccccc2C1=O)Nc1ccc(SC2CCCC2)cc1. The molecule has 2 aliphatic rings. The van der Waals surface area contributed by atoms with E-state index in [0.29, 0.717) is 16.4 Å². The highest BCUT2D eigenvalue weighted by Crippen LogP contribution is 2.35. The van der Waals surface area contributed by atoms with Crippen LogP contribution >= 0.6 is 11.8 Å². The molecule has 1 N–H and O–H groups in total. The number of thioether (sulfide) groups is 1. The highest BCUT2D eigenvalue weighted by Gasteiger charge is 2.34. The normalized spacial score (nSPS) is 16.5. The first-order valence-corrected chi connectivity index (χ1v) is 10.5. The van der Waals surface area contributed by atoms with Crippen molar-refractivity contribution in [2.24, 2.45) is 0 Å². The smallest absolute Gasteiger partial charge is 0.261 e. The molecular weight excluding hydrogens is 372 g/mol. The summed E-state index contributed by atoms with van der Waals surface area (Å²) in [6.45, 7) is 0.0772. The first-order valence-electron chi connectivity index (χ1n) is 9.63. The summed E-state index contributed by atoms with van der Waals surface area (Å²) in [5.41, 5.74) is 1.54. The van der Waals surface area contributed by atoms with Crippen molar-refractivity contribution >= 4 is 35.2 Å². The van der Waals surface area contributed by atoms with Gasteiger partial charge in [0.1, 0.15) is 0 Å². The number of benzene rings is 2. The molecule has 1 aliphatic carbocycles. The largest absolute Gasteiger partial charge is 0.326 e. The zero-order valence-corrected chi connectivity index (χ0v) is 16.3. The summed E-state index contributed by atoms with van der Waals surface area (Å²) in [6.07, 6.45) is 5.27. The van der Waals surface area contributed by atoms with Crippen molar-refractivity contribution in [2.45, 2.75) is 42.2 Å². The monoisotopic (exact) mass is 394 g/mol. The molecule has 6 heteroatoms. The standard InChI is InChI=1S/C22H22N2O3S/c25-20(13-14-24-21(26)18-7-3-4-8-19(18)22(24)27)23-15-9-11-17(12-10-15)28-16-5-1-2-6-16/h3-4,7-12,16H,1-2,5-6,13-14H2,(H,23,25). The summed E-state index contributed by atoms with van der Waals surface area (Å²) in [4.78, 5) is 39.3. The van der Waals surface area contributed by atoms with Crippen molar-refractivity contribution in [2.75, 3.05) is 11.9 Å². The van der Waals surface area contributed by atoms with Gasteiger partial charge in [0.15, 0.2) is 0 Å². The molecule has 5 nitrogen and oxygen atoms in total. The number of hydrogen-bond donors (Lipinski definition) is 1. The Morgan fingerprint density at radius 1 is 0.964 bits per heavy atom. The Bertz CT molecular complexity index is 869. The molecule has 0 atom stereocenters. The lowest BCUT2D eigenvalue weighted by molar-refractivity contribution is -0.116. The van der Waals surface area contributed by atoms with Gasteiger partial charge in [0.25, 0.3) is 11.8 Å². The fourth-order valence-electron chi connectivity index (χ4n) is 3.69. The molecule has 1 aliphatic heterocycles. The van der Waals surface area contributed by atoms with Crippen LogP contribution in [0.4, 0.5) is 5.69 Å². The minimum Gasteiger partial charge on any atom is -0.326 e. The number of rotatable bonds is 6. The minimum atomic E-state index is -0.332. The fraction of sp³-hybridized carbons (Fsp3) is 0.318. The van der Waals surface area contributed by atoms with Crippen LogP contribution in [0.15, 0.2) is 53.4 Å². The van der Waals surface area contributed by atoms with Crippen LogP contribution in [0, 0.1) is 0 Å². The Morgan fingerprint density at radius 2 is 1.57 bits per heavy atom. The molecule has 1 heterocycles. The van der Waals surface area contributed by atoms with Crippen LogP contribution in [0.25, 0.3) is 0 Å². The van der Waals surface area contributed by atoms with Gasteiger partial charge < -0.3 is 5.32 Å². The van der Waals surface area contributed by atoms with Gasteiger partial charge in [0.05, 0.1) is 11.1 Å². The number of carbonyl (C=O) groups is 3. The first kappa shape index (κ1) is 18.7. The summed E-state index contributed by atoms with van der Waals surface area (Å²) in [5.74, 6) is -0.879. The molecule has 0 bridgehead atoms. The van der Waals surface area contributed by atoms with E-state index in [1.54, 1.807) is 24.3 Å². The van der Waals surface area contributed by atoms with Crippen LogP contribution in [-0.2, 0) is 4.79 Å². The van der Waals surface area contributed by atoms with Crippen molar-refractivity contribution in [3.63, 3.8) is 0 Å². The number of imide groups is 1. The Balaban J connectivity index is 1.29. The summed E-state index contributed by atoms with van der Waals surface area (Å²) in [5, 5.41) is 3.55. The van der Waals surface area contributed by atoms with Crippen LogP contribution in [0.5, 0.6) is 0 Å². The molecule has 144 valence electrons. The molecule has 1 saturated carbocycles. The third kappa shape index (κ3) is 3.97. The molecule has 2 aromatic rings. The molecule has 2 aromatic carbocycles. The van der Waals surface area contributed by atoms with Gasteiger partial charge in [-0.3, -0.25) is 19.3 Å². The van der Waals surface area contributed by atoms with E-state index in [0.717, 1.165) is 10.6 Å². The van der Waals surface area contributed by atoms with Crippen LogP contribution in [0.3, 0.4) is 0 Å². The average Bonchev–Trinajstić information content (AvgIpc) is 3.30. The number of carbonyl (C=O) groups excluding carboxylic acids is 3. The van der Waals surface area contributed by atoms with Crippen molar-refractivity contribution in [3.05, 3.63) is 59.7 Å². The minimum absolute atomic E-state index is 0.0735. The van der Waals surface area contributed by atoms with Gasteiger partial charge >= 0.3 is 0 Å². The number of anilines is 1. The molecular formula is C22H22N2O3S. The van der Waals surface area contributed by atoms with Crippen molar-refractivity contribution in [3.8, 4) is 0 Å². The topological polar surface area (TPSA) is 66.5 Å². The maximum absolute atomic E-state index is 12.3. The predicted molar refractivity (Wildman–Crippen MR) is 110 cm³/mol. The maximum Gasteiger partial charge on any atom is 0.261 e. The van der Waals surface area contributed by atoms with Crippen LogP contribution < -0.4 is 5.32 Å². The maximum atomic E-state index is 12.3. The lowest BCUT2D eigenvalue weighted by Crippen LogP contribution is -2.32. The molecule has 0 unspecified atom stereocenters. The second-order valence-electron chi connectivity index (χ2n) is 7.15. The second-order valence-corrected chi connectivity index (χ2v) is 8.53. The number of nitrogens with one attached hydrogen (secondary N) is 1. The molecule has 28 heavy (non-hydrogen) atoms. The number of hydrogen-bond acceptors (Lipinski definition) is 4. The Morgan fingerprint density at radius 3 is 2.18 bits per heavy atom. The van der Waals surface area contributed by atoms with E-state index < -0.39 is 0 Å². The van der Waals surface area contributed by atoms with E-state index in [-0.39, 0.29) is 30.7 Å². The summed E-state index contributed by atoms with van der Waals surface area (Å²) < 4.78 is 0. The Hall–Kier alpha value is -2.60. The Labute approximate surface area is 168 Å². The van der Waals surface area contributed by atoms with E-state index in [2.05, 4.69) is 5.32 Å². The molecule has 0 radical (unpaired) electrons. The lowest BCUT2D eigenvalue weighted by atomic mass is 10.1. The molecule has 1 fully saturated rings. The molecule has 0 saturated heterocycles. The van der Waals surface area contributed by atoms with Gasteiger partial charge in [0.2, 0.25) is 5.91 Å². The Kier molecular flexibility index (Phi) is 5.48. The fourth-order valence-corrected chi connectivity index (χ4v) is 4.94. The van der Waals surface area contributed by atoms with E-state index in [1.807, 2.05) is 36.0 Å². The van der Waals surface area contributed by atoms with E-state index in [4.69, 9.17) is 0 Å². The quantitative estimate of drug-likeness (QED) is 0.740. The number of fused-ring (bicyclic) bond motifs is 1. The predicted octanol–water partition coefficient (Wildman–Crippen LogP) is 4.35. The van der Waals surface area contributed by atoms with Gasteiger partial charge in [0, 0.05) is 28.8 Å². The summed E-state index contributed by atoms with van der Waals surface area (Å²) in [6, 6.07) is 14.6. The third-order valence-electron chi connectivity index (χ3n) is 5.18. The third-order valence-corrected chi connectivity index (χ3v) is 6.53. The second kappa shape index (κ2) is 8.19. The van der Waals surface area contributed by atoms with Crippen molar-refractivity contribution in [1.82, 2.24) is 4.90 Å². The highest BCUT2D eigenvalue weighted by molar-refractivity contribution is 8.00. The lowest BCUT2D eigenvalue weighted by Gasteiger charge is -2.14. The van der Waals surface area contributed by atoms with Crippen molar-refractivity contribution in [1.29, 1.82) is 0 Å². The first-order chi connectivity index (χ1) is 13.6. The van der Waals surface area contributed by atoms with Crippen LogP contribution in [0.2, 0.25) is 0 Å². The number of nitrogens with zero attached hydrogens (tertiary/aromatic N) is 1. The molecule has 0 aromatic heterocycles. The van der Waals surface area contributed by atoms with Crippen LogP contribution in [-0.4, -0.2) is 34.4 Å². The zero-order chi connectivity index (χ0) is 19.5. The summed E-state index contributed by atoms with van der Waals surface area (Å²) in [7, 11) is 0. The van der Waals surface area contributed by atoms with Gasteiger partial charge in [-0.15, -0.1) is 11.8 Å². The van der Waals surface area contributed by atoms with E-state index in [1.165, 1.54) is 30.6 Å². The summed E-state index contributed by atoms with van der Waals surface area (Å²) >= 11 is 1.91. The van der Waals surface area contributed by atoms with E-state index >= 15 is 0 Å². The van der Waals surface area contributed by atoms with Gasteiger partial charge in [-0.1, -0.05) is 25.0 Å². The molecule has 0 spiro atoms. The van der Waals surface area contributed by atoms with E-state index in [9.17, 15) is 14.4 Å². The van der Waals surface area contributed by atoms with Gasteiger partial charge in [-0.25, -0.2) is 0 Å². The number of amides is 3. The molecule has 4 rings (SSSR count). The highest BCUT2D eigenvalue weighted by atomic mass is 32.2. The zero-order valence-electron chi connectivity index (χ0n) is 15.5. The van der Waals surface area contributed by atoms with Crippen molar-refractivity contribution < 1.29 is 14.4 Å². The average molecular weight is 394 g/mol.